The highest BCUT2D eigenvalue weighted by atomic mass is 28.3. The van der Waals surface area contributed by atoms with Crippen LogP contribution in [-0.4, -0.2) is 30.6 Å². The first-order valence-electron chi connectivity index (χ1n) is 3.45. The Labute approximate surface area is 68.0 Å². The largest absolute Gasteiger partial charge is 0.465 e. The summed E-state index contributed by atoms with van der Waals surface area (Å²) in [4.78, 5) is 8.78. The normalized spacial score (nSPS) is 9.82. The number of rotatable bonds is 2. The van der Waals surface area contributed by atoms with E-state index in [1.54, 1.807) is 0 Å². The van der Waals surface area contributed by atoms with Gasteiger partial charge < -0.3 is 15.9 Å². The van der Waals surface area contributed by atoms with Crippen LogP contribution in [0.1, 0.15) is 6.92 Å². The van der Waals surface area contributed by atoms with Crippen molar-refractivity contribution >= 4 is 14.2 Å². The number of hydrogen-bond acceptors (Lipinski definition) is 2. The lowest BCUT2D eigenvalue weighted by molar-refractivity contribution is 0.205. The molecule has 0 saturated carbocycles. The highest BCUT2D eigenvalue weighted by Gasteiger charge is 2.14. The van der Waals surface area contributed by atoms with Gasteiger partial charge in [0.25, 0.3) is 0 Å². The summed E-state index contributed by atoms with van der Waals surface area (Å²) in [7, 11) is -1.10. The van der Waals surface area contributed by atoms with Gasteiger partial charge in [-0.1, -0.05) is 26.1 Å². The van der Waals surface area contributed by atoms with Crippen LogP contribution in [0.5, 0.6) is 0 Å². The first-order valence-corrected chi connectivity index (χ1v) is 6.86. The molecule has 0 saturated heterocycles. The second kappa shape index (κ2) is 6.18. The van der Waals surface area contributed by atoms with E-state index < -0.39 is 14.2 Å². The van der Waals surface area contributed by atoms with E-state index in [1.165, 1.54) is 6.04 Å². The first kappa shape index (κ1) is 13.1. The van der Waals surface area contributed by atoms with Crippen LogP contribution in [0.25, 0.3) is 0 Å². The molecule has 0 radical (unpaired) electrons. The molecule has 11 heavy (non-hydrogen) atoms. The molecule has 0 aromatic heterocycles. The van der Waals surface area contributed by atoms with Gasteiger partial charge in [-0.3, -0.25) is 0 Å². The van der Waals surface area contributed by atoms with Gasteiger partial charge in [-0.2, -0.15) is 0 Å². The van der Waals surface area contributed by atoms with Gasteiger partial charge in [0, 0.05) is 6.23 Å². The zero-order chi connectivity index (χ0) is 9.49. The molecule has 0 unspecified atom stereocenters. The lowest BCUT2D eigenvalue weighted by Gasteiger charge is -2.14. The third-order valence-electron chi connectivity index (χ3n) is 1.39. The number of carbonyl (C=O) groups is 1. The van der Waals surface area contributed by atoms with Crippen LogP contribution in [0, 0.1) is 0 Å². The minimum absolute atomic E-state index is 0.434. The predicted octanol–water partition coefficient (Wildman–Crippen LogP) is 0.869. The molecule has 0 aliphatic rings. The number of hydrogen-bond donors (Lipinski definition) is 3. The summed E-state index contributed by atoms with van der Waals surface area (Å²) in [5, 5.41) is 15.9. The number of primary amides is 1. The number of carboxylic acid groups (broad SMARTS) is 1. The molecular weight excluding hydrogens is 162 g/mol. The molecular formula is C6H17NO3Si. The van der Waals surface area contributed by atoms with E-state index in [0.29, 0.717) is 6.23 Å². The summed E-state index contributed by atoms with van der Waals surface area (Å²) < 4.78 is 0. The van der Waals surface area contributed by atoms with Gasteiger partial charge in [-0.25, -0.2) is 4.79 Å². The molecule has 1 amide bonds. The summed E-state index contributed by atoms with van der Waals surface area (Å²) >= 11 is 0. The number of aliphatic hydroxyl groups is 1. The Morgan fingerprint density at radius 3 is 1.82 bits per heavy atom. The second-order valence-corrected chi connectivity index (χ2v) is 8.37. The summed E-state index contributed by atoms with van der Waals surface area (Å²) in [5.41, 5.74) is 4.03. The molecule has 4 N–H and O–H groups in total. The average molecular weight is 179 g/mol. The van der Waals surface area contributed by atoms with Crippen LogP contribution in [0.15, 0.2) is 0 Å². The minimum Gasteiger partial charge on any atom is -0.465 e. The Hall–Kier alpha value is -0.553. The van der Waals surface area contributed by atoms with E-state index >= 15 is 0 Å². The van der Waals surface area contributed by atoms with Gasteiger partial charge in [0.2, 0.25) is 0 Å². The maximum absolute atomic E-state index is 8.78. The smallest absolute Gasteiger partial charge is 0.402 e. The summed E-state index contributed by atoms with van der Waals surface area (Å²) in [5.74, 6) is 0. The number of nitrogens with two attached hydrogens (primary N) is 1. The molecule has 5 heteroatoms. The van der Waals surface area contributed by atoms with Gasteiger partial charge in [0.05, 0.1) is 8.07 Å². The van der Waals surface area contributed by atoms with Crippen LogP contribution in [0.3, 0.4) is 0 Å². The summed E-state index contributed by atoms with van der Waals surface area (Å²) in [6.07, 6.45) is -0.899. The molecule has 0 aliphatic carbocycles. The third-order valence-corrected chi connectivity index (χ3v) is 4.16. The van der Waals surface area contributed by atoms with Gasteiger partial charge in [-0.15, -0.1) is 0 Å². The minimum atomic E-state index is -1.33. The first-order chi connectivity index (χ1) is 4.85. The molecule has 0 aromatic rings. The van der Waals surface area contributed by atoms with Crippen molar-refractivity contribution in [3.05, 3.63) is 0 Å². The maximum Gasteiger partial charge on any atom is 0.402 e. The molecule has 0 bridgehead atoms. The molecule has 68 valence electrons. The molecule has 0 aliphatic heterocycles. The van der Waals surface area contributed by atoms with E-state index in [2.05, 4.69) is 25.8 Å². The van der Waals surface area contributed by atoms with Gasteiger partial charge in [0.15, 0.2) is 0 Å². The number of amides is 1. The zero-order valence-corrected chi connectivity index (χ0v) is 8.29. The molecule has 0 heterocycles. The summed E-state index contributed by atoms with van der Waals surface area (Å²) in [6, 6.07) is 1.18. The summed E-state index contributed by atoms with van der Waals surface area (Å²) in [6.45, 7) is 6.52. The Morgan fingerprint density at radius 1 is 1.55 bits per heavy atom. The van der Waals surface area contributed by atoms with Crippen LogP contribution >= 0.6 is 0 Å². The van der Waals surface area contributed by atoms with Crippen LogP contribution in [-0.2, 0) is 0 Å². The quantitative estimate of drug-likeness (QED) is 0.550. The maximum atomic E-state index is 8.78. The highest BCUT2D eigenvalue weighted by Crippen LogP contribution is 2.04. The Morgan fingerprint density at radius 2 is 1.82 bits per heavy atom. The van der Waals surface area contributed by atoms with Crippen molar-refractivity contribution in [1.29, 1.82) is 0 Å². The Bertz CT molecular complexity index is 106. The standard InChI is InChI=1S/C5H14OSi.CH3NO2/c1-4-7(2,3)5-6;2-1(3)4/h6H,4-5H2,1-3H3;2H2,(H,3,4). The van der Waals surface area contributed by atoms with Crippen molar-refractivity contribution in [3.63, 3.8) is 0 Å². The van der Waals surface area contributed by atoms with Gasteiger partial charge in [-0.05, 0) is 0 Å². The number of aliphatic hydroxyl groups excluding tert-OH is 1. The van der Waals surface area contributed by atoms with Crippen molar-refractivity contribution in [2.45, 2.75) is 26.1 Å². The fraction of sp³-hybridized carbons (Fsp3) is 0.833. The molecule has 0 spiro atoms. The zero-order valence-electron chi connectivity index (χ0n) is 7.29. The molecule has 0 atom stereocenters. The highest BCUT2D eigenvalue weighted by molar-refractivity contribution is 6.77. The van der Waals surface area contributed by atoms with Crippen molar-refractivity contribution < 1.29 is 15.0 Å². The topological polar surface area (TPSA) is 83.5 Å². The monoisotopic (exact) mass is 179 g/mol. The molecule has 0 rings (SSSR count). The fourth-order valence-corrected chi connectivity index (χ4v) is 0.335. The van der Waals surface area contributed by atoms with Crippen LogP contribution in [0.4, 0.5) is 4.79 Å². The van der Waals surface area contributed by atoms with E-state index in [1.807, 2.05) is 0 Å². The Balaban J connectivity index is 0. The van der Waals surface area contributed by atoms with E-state index in [0.717, 1.165) is 0 Å². The van der Waals surface area contributed by atoms with E-state index in [4.69, 9.17) is 15.0 Å². The molecule has 4 nitrogen and oxygen atoms in total. The van der Waals surface area contributed by atoms with E-state index in [-0.39, 0.29) is 0 Å². The second-order valence-electron chi connectivity index (χ2n) is 3.01. The van der Waals surface area contributed by atoms with Crippen molar-refractivity contribution in [2.75, 3.05) is 6.23 Å². The van der Waals surface area contributed by atoms with Crippen molar-refractivity contribution in [1.82, 2.24) is 0 Å². The van der Waals surface area contributed by atoms with Crippen LogP contribution in [0.2, 0.25) is 19.1 Å². The third kappa shape index (κ3) is 17.7. The van der Waals surface area contributed by atoms with Crippen molar-refractivity contribution in [2.24, 2.45) is 5.73 Å². The molecule has 0 fully saturated rings. The lowest BCUT2D eigenvalue weighted by atomic mass is 11.0. The lowest BCUT2D eigenvalue weighted by Crippen LogP contribution is -2.29. The molecule has 0 aromatic carbocycles. The predicted molar refractivity (Wildman–Crippen MR) is 47.3 cm³/mol. The van der Waals surface area contributed by atoms with E-state index in [9.17, 15) is 0 Å². The Kier molecular flexibility index (Phi) is 7.34. The SMILES string of the molecule is CC[Si](C)(C)CO.NC(=O)O. The van der Waals surface area contributed by atoms with Gasteiger partial charge >= 0.3 is 6.09 Å². The van der Waals surface area contributed by atoms with Crippen LogP contribution < -0.4 is 5.73 Å². The fourth-order valence-electron chi connectivity index (χ4n) is 0.112. The van der Waals surface area contributed by atoms with Gasteiger partial charge in [0.1, 0.15) is 0 Å². The average Bonchev–Trinajstić information content (AvgIpc) is 1.87. The van der Waals surface area contributed by atoms with Crippen molar-refractivity contribution in [3.8, 4) is 0 Å².